The fourth-order valence-electron chi connectivity index (χ4n) is 1.66. The Morgan fingerprint density at radius 2 is 2.22 bits per heavy atom. The van der Waals surface area contributed by atoms with Crippen LogP contribution in [0, 0.1) is 0 Å². The largest absolute Gasteiger partial charge is 0.378 e. The van der Waals surface area contributed by atoms with E-state index in [1.807, 2.05) is 0 Å². The molecule has 0 atom stereocenters. The fourth-order valence-corrected chi connectivity index (χ4v) is 1.66. The highest BCUT2D eigenvalue weighted by molar-refractivity contribution is 5.92. The second-order valence-electron chi connectivity index (χ2n) is 3.87. The third-order valence-corrected chi connectivity index (χ3v) is 2.63. The lowest BCUT2D eigenvalue weighted by Gasteiger charge is -2.27. The SMILES string of the molecule is C=CCNC(=O)c1ccc(N2CCOCC2)nn1. The van der Waals surface area contributed by atoms with E-state index in [9.17, 15) is 4.79 Å². The molecule has 1 saturated heterocycles. The zero-order chi connectivity index (χ0) is 12.8. The molecule has 0 aromatic carbocycles. The molecule has 2 rings (SSSR count). The molecule has 1 aliphatic rings. The second-order valence-corrected chi connectivity index (χ2v) is 3.87. The minimum Gasteiger partial charge on any atom is -0.378 e. The topological polar surface area (TPSA) is 67.4 Å². The van der Waals surface area contributed by atoms with Crippen molar-refractivity contribution < 1.29 is 9.53 Å². The molecule has 1 N–H and O–H groups in total. The van der Waals surface area contributed by atoms with Crippen LogP contribution in [0.2, 0.25) is 0 Å². The molecule has 6 heteroatoms. The van der Waals surface area contributed by atoms with Crippen molar-refractivity contribution in [3.63, 3.8) is 0 Å². The third kappa shape index (κ3) is 3.04. The molecule has 2 heterocycles. The number of hydrogen-bond acceptors (Lipinski definition) is 5. The van der Waals surface area contributed by atoms with Crippen LogP contribution in [-0.4, -0.2) is 49.0 Å². The van der Waals surface area contributed by atoms with E-state index >= 15 is 0 Å². The molecule has 0 aliphatic carbocycles. The first-order valence-electron chi connectivity index (χ1n) is 5.87. The van der Waals surface area contributed by atoms with Gasteiger partial charge in [-0.15, -0.1) is 16.8 Å². The van der Waals surface area contributed by atoms with Crippen molar-refractivity contribution in [2.75, 3.05) is 37.7 Å². The van der Waals surface area contributed by atoms with Crippen LogP contribution in [0.15, 0.2) is 24.8 Å². The summed E-state index contributed by atoms with van der Waals surface area (Å²) in [6.45, 7) is 6.95. The molecule has 0 spiro atoms. The fraction of sp³-hybridized carbons (Fsp3) is 0.417. The number of ether oxygens (including phenoxy) is 1. The van der Waals surface area contributed by atoms with Gasteiger partial charge in [-0.3, -0.25) is 4.79 Å². The smallest absolute Gasteiger partial charge is 0.272 e. The van der Waals surface area contributed by atoms with Crippen molar-refractivity contribution >= 4 is 11.7 Å². The molecule has 1 fully saturated rings. The van der Waals surface area contributed by atoms with Gasteiger partial charge in [0.2, 0.25) is 0 Å². The Morgan fingerprint density at radius 1 is 1.44 bits per heavy atom. The van der Waals surface area contributed by atoms with Crippen LogP contribution in [0.5, 0.6) is 0 Å². The van der Waals surface area contributed by atoms with Crippen LogP contribution in [0.3, 0.4) is 0 Å². The number of hydrogen-bond donors (Lipinski definition) is 1. The normalized spacial score (nSPS) is 15.2. The van der Waals surface area contributed by atoms with Crippen LogP contribution in [0.25, 0.3) is 0 Å². The van der Waals surface area contributed by atoms with Crippen molar-refractivity contribution in [3.8, 4) is 0 Å². The van der Waals surface area contributed by atoms with Gasteiger partial charge in [-0.1, -0.05) is 6.08 Å². The number of carbonyl (C=O) groups excluding carboxylic acids is 1. The van der Waals surface area contributed by atoms with Gasteiger partial charge >= 0.3 is 0 Å². The van der Waals surface area contributed by atoms with Crippen LogP contribution in [0.1, 0.15) is 10.5 Å². The van der Waals surface area contributed by atoms with E-state index in [-0.39, 0.29) is 5.91 Å². The van der Waals surface area contributed by atoms with Crippen LogP contribution >= 0.6 is 0 Å². The van der Waals surface area contributed by atoms with E-state index < -0.39 is 0 Å². The quantitative estimate of drug-likeness (QED) is 0.773. The average molecular weight is 248 g/mol. The van der Waals surface area contributed by atoms with Gasteiger partial charge in [0, 0.05) is 19.6 Å². The number of rotatable bonds is 4. The Hall–Kier alpha value is -1.95. The van der Waals surface area contributed by atoms with E-state index in [1.165, 1.54) is 0 Å². The number of anilines is 1. The van der Waals surface area contributed by atoms with E-state index in [1.54, 1.807) is 18.2 Å². The molecule has 0 unspecified atom stereocenters. The summed E-state index contributed by atoms with van der Waals surface area (Å²) in [5, 5.41) is 10.6. The van der Waals surface area contributed by atoms with E-state index in [4.69, 9.17) is 4.74 Å². The van der Waals surface area contributed by atoms with Gasteiger partial charge in [0.25, 0.3) is 5.91 Å². The molecule has 0 saturated carbocycles. The molecule has 1 aromatic heterocycles. The van der Waals surface area contributed by atoms with Crippen LogP contribution in [-0.2, 0) is 4.74 Å². The molecule has 1 amide bonds. The molecule has 96 valence electrons. The average Bonchev–Trinajstić information content (AvgIpc) is 2.46. The van der Waals surface area contributed by atoms with Crippen molar-refractivity contribution in [2.24, 2.45) is 0 Å². The maximum Gasteiger partial charge on any atom is 0.272 e. The highest BCUT2D eigenvalue weighted by Crippen LogP contribution is 2.11. The van der Waals surface area contributed by atoms with Crippen LogP contribution in [0.4, 0.5) is 5.82 Å². The second kappa shape index (κ2) is 6.11. The van der Waals surface area contributed by atoms with Crippen molar-refractivity contribution in [2.45, 2.75) is 0 Å². The van der Waals surface area contributed by atoms with Gasteiger partial charge in [-0.05, 0) is 12.1 Å². The first-order chi connectivity index (χ1) is 8.81. The van der Waals surface area contributed by atoms with Crippen LogP contribution < -0.4 is 10.2 Å². The lowest BCUT2D eigenvalue weighted by atomic mass is 10.3. The Labute approximate surface area is 106 Å². The molecular weight excluding hydrogens is 232 g/mol. The zero-order valence-electron chi connectivity index (χ0n) is 10.1. The molecule has 1 aromatic rings. The maximum absolute atomic E-state index is 11.6. The third-order valence-electron chi connectivity index (χ3n) is 2.63. The highest BCUT2D eigenvalue weighted by Gasteiger charge is 2.14. The number of amides is 1. The Morgan fingerprint density at radius 3 is 2.83 bits per heavy atom. The molecule has 0 radical (unpaired) electrons. The standard InChI is InChI=1S/C12H16N4O2/c1-2-5-13-12(17)10-3-4-11(15-14-10)16-6-8-18-9-7-16/h2-4H,1,5-9H2,(H,13,17). The van der Waals surface area contributed by atoms with E-state index in [0.717, 1.165) is 18.9 Å². The first-order valence-corrected chi connectivity index (χ1v) is 5.87. The summed E-state index contributed by atoms with van der Waals surface area (Å²) in [5.74, 6) is 0.537. The van der Waals surface area contributed by atoms with Crippen molar-refractivity contribution in [1.29, 1.82) is 0 Å². The minimum atomic E-state index is -0.240. The number of aromatic nitrogens is 2. The number of nitrogens with zero attached hydrogens (tertiary/aromatic N) is 3. The monoisotopic (exact) mass is 248 g/mol. The predicted octanol–water partition coefficient (Wildman–Crippen LogP) is 0.229. The summed E-state index contributed by atoms with van der Waals surface area (Å²) in [5.41, 5.74) is 0.314. The van der Waals surface area contributed by atoms with Gasteiger partial charge in [-0.25, -0.2) is 0 Å². The van der Waals surface area contributed by atoms with Gasteiger partial charge in [0.15, 0.2) is 11.5 Å². The lowest BCUT2D eigenvalue weighted by Crippen LogP contribution is -2.37. The highest BCUT2D eigenvalue weighted by atomic mass is 16.5. The van der Waals surface area contributed by atoms with Gasteiger partial charge in [0.1, 0.15) is 0 Å². The molecular formula is C12H16N4O2. The maximum atomic E-state index is 11.6. The number of carbonyl (C=O) groups is 1. The summed E-state index contributed by atoms with van der Waals surface area (Å²) < 4.78 is 5.26. The Balaban J connectivity index is 2.00. The van der Waals surface area contributed by atoms with Gasteiger partial charge in [-0.2, -0.15) is 0 Å². The van der Waals surface area contributed by atoms with Crippen molar-refractivity contribution in [1.82, 2.24) is 15.5 Å². The number of nitrogens with one attached hydrogen (secondary N) is 1. The molecule has 1 aliphatic heterocycles. The number of morpholine rings is 1. The van der Waals surface area contributed by atoms with Crippen molar-refractivity contribution in [3.05, 3.63) is 30.5 Å². The minimum absolute atomic E-state index is 0.240. The predicted molar refractivity (Wildman–Crippen MR) is 67.6 cm³/mol. The first kappa shape index (κ1) is 12.5. The Bertz CT molecular complexity index is 413. The summed E-state index contributed by atoms with van der Waals surface area (Å²) in [7, 11) is 0. The molecule has 18 heavy (non-hydrogen) atoms. The van der Waals surface area contributed by atoms with E-state index in [0.29, 0.717) is 25.5 Å². The summed E-state index contributed by atoms with van der Waals surface area (Å²) in [4.78, 5) is 13.7. The molecule has 0 bridgehead atoms. The summed E-state index contributed by atoms with van der Waals surface area (Å²) >= 11 is 0. The van der Waals surface area contributed by atoms with Gasteiger partial charge < -0.3 is 15.0 Å². The zero-order valence-corrected chi connectivity index (χ0v) is 10.1. The summed E-state index contributed by atoms with van der Waals surface area (Å²) in [6, 6.07) is 3.48. The van der Waals surface area contributed by atoms with Gasteiger partial charge in [0.05, 0.1) is 13.2 Å². The Kier molecular flexibility index (Phi) is 4.25. The molecule has 6 nitrogen and oxygen atoms in total. The lowest BCUT2D eigenvalue weighted by molar-refractivity contribution is 0.0952. The van der Waals surface area contributed by atoms with E-state index in [2.05, 4.69) is 27.0 Å². The summed E-state index contributed by atoms with van der Waals surface area (Å²) in [6.07, 6.45) is 1.62.